The van der Waals surface area contributed by atoms with Gasteiger partial charge in [0.2, 0.25) is 0 Å². The van der Waals surface area contributed by atoms with E-state index in [4.69, 9.17) is 0 Å². The van der Waals surface area contributed by atoms with Crippen LogP contribution in [0.5, 0.6) is 0 Å². The Balaban J connectivity index is 1.31. The molecule has 0 saturated carbocycles. The molecular formula is C42H33NS. The highest BCUT2D eigenvalue weighted by Crippen LogP contribution is 2.54. The Morgan fingerprint density at radius 3 is 1.57 bits per heavy atom. The molecule has 212 valence electrons. The standard InChI is InChI=1S/C42H33NS/c1-41(2)34-16-8-5-12-28(34)30-22-20-26(24-36(30)41)43(38-18-11-15-33-32-14-7-10-19-39(32)44-40(33)38)27-21-23-31-29-13-6-9-17-35(29)42(3,4)37(31)25-27/h5-25H,1-4H3. The summed E-state index contributed by atoms with van der Waals surface area (Å²) in [5.41, 5.74) is 14.5. The van der Waals surface area contributed by atoms with Crippen LogP contribution in [-0.4, -0.2) is 0 Å². The smallest absolute Gasteiger partial charge is 0.0640 e. The molecule has 7 aromatic rings. The first kappa shape index (κ1) is 25.8. The highest BCUT2D eigenvalue weighted by molar-refractivity contribution is 7.26. The molecular weight excluding hydrogens is 551 g/mol. The van der Waals surface area contributed by atoms with Gasteiger partial charge in [-0.05, 0) is 80.9 Å². The number of hydrogen-bond donors (Lipinski definition) is 0. The number of fused-ring (bicyclic) bond motifs is 9. The zero-order valence-corrected chi connectivity index (χ0v) is 26.3. The lowest BCUT2D eigenvalue weighted by Gasteiger charge is -2.30. The van der Waals surface area contributed by atoms with Crippen molar-refractivity contribution in [3.63, 3.8) is 0 Å². The summed E-state index contributed by atoms with van der Waals surface area (Å²) in [5.74, 6) is 0. The number of thiophene rings is 1. The molecule has 0 fully saturated rings. The van der Waals surface area contributed by atoms with E-state index >= 15 is 0 Å². The summed E-state index contributed by atoms with van der Waals surface area (Å²) in [6, 6.07) is 47.7. The van der Waals surface area contributed by atoms with Gasteiger partial charge in [-0.2, -0.15) is 0 Å². The fourth-order valence-electron chi connectivity index (χ4n) is 8.00. The van der Waals surface area contributed by atoms with Gasteiger partial charge in [0.15, 0.2) is 0 Å². The number of hydrogen-bond acceptors (Lipinski definition) is 2. The number of rotatable bonds is 3. The predicted molar refractivity (Wildman–Crippen MR) is 189 cm³/mol. The van der Waals surface area contributed by atoms with Crippen LogP contribution in [0, 0.1) is 0 Å². The lowest BCUT2D eigenvalue weighted by atomic mass is 9.82. The molecule has 2 aliphatic rings. The van der Waals surface area contributed by atoms with Crippen LogP contribution in [0.3, 0.4) is 0 Å². The number of anilines is 3. The molecule has 44 heavy (non-hydrogen) atoms. The molecule has 6 aromatic carbocycles. The highest BCUT2D eigenvalue weighted by Gasteiger charge is 2.37. The molecule has 1 heterocycles. The second-order valence-corrected chi connectivity index (χ2v) is 14.4. The van der Waals surface area contributed by atoms with E-state index in [0.717, 1.165) is 0 Å². The fourth-order valence-corrected chi connectivity index (χ4v) is 9.20. The van der Waals surface area contributed by atoms with Crippen molar-refractivity contribution in [2.75, 3.05) is 4.90 Å². The van der Waals surface area contributed by atoms with Crippen molar-refractivity contribution in [1.82, 2.24) is 0 Å². The fraction of sp³-hybridized carbons (Fsp3) is 0.143. The molecule has 0 amide bonds. The first-order valence-electron chi connectivity index (χ1n) is 15.5. The van der Waals surface area contributed by atoms with Crippen molar-refractivity contribution < 1.29 is 0 Å². The van der Waals surface area contributed by atoms with Gasteiger partial charge in [-0.1, -0.05) is 119 Å². The molecule has 0 spiro atoms. The Morgan fingerprint density at radius 2 is 0.955 bits per heavy atom. The van der Waals surface area contributed by atoms with E-state index in [-0.39, 0.29) is 10.8 Å². The molecule has 1 aromatic heterocycles. The van der Waals surface area contributed by atoms with Gasteiger partial charge in [-0.25, -0.2) is 0 Å². The van der Waals surface area contributed by atoms with Crippen LogP contribution < -0.4 is 4.90 Å². The van der Waals surface area contributed by atoms with E-state index in [0.29, 0.717) is 0 Å². The van der Waals surface area contributed by atoms with Gasteiger partial charge >= 0.3 is 0 Å². The Labute approximate surface area is 263 Å². The summed E-state index contributed by atoms with van der Waals surface area (Å²) in [6.45, 7) is 9.47. The molecule has 0 atom stereocenters. The van der Waals surface area contributed by atoms with Gasteiger partial charge in [0.25, 0.3) is 0 Å². The predicted octanol–water partition coefficient (Wildman–Crippen LogP) is 12.1. The summed E-state index contributed by atoms with van der Waals surface area (Å²) >= 11 is 1.89. The summed E-state index contributed by atoms with van der Waals surface area (Å²) < 4.78 is 2.64. The van der Waals surface area contributed by atoms with Crippen molar-refractivity contribution >= 4 is 48.6 Å². The Morgan fingerprint density at radius 1 is 0.455 bits per heavy atom. The molecule has 0 aliphatic heterocycles. The molecule has 0 radical (unpaired) electrons. The van der Waals surface area contributed by atoms with Crippen LogP contribution in [0.1, 0.15) is 49.9 Å². The zero-order valence-electron chi connectivity index (χ0n) is 25.5. The van der Waals surface area contributed by atoms with Crippen LogP contribution >= 0.6 is 11.3 Å². The van der Waals surface area contributed by atoms with Crippen LogP contribution in [0.25, 0.3) is 42.4 Å². The third-order valence-corrected chi connectivity index (χ3v) is 11.5. The molecule has 2 heteroatoms. The maximum absolute atomic E-state index is 2.51. The van der Waals surface area contributed by atoms with Crippen molar-refractivity contribution in [3.05, 3.63) is 150 Å². The second kappa shape index (κ2) is 8.94. The van der Waals surface area contributed by atoms with Gasteiger partial charge in [0.05, 0.1) is 10.4 Å². The van der Waals surface area contributed by atoms with E-state index < -0.39 is 0 Å². The first-order chi connectivity index (χ1) is 21.3. The van der Waals surface area contributed by atoms with Crippen LogP contribution in [0.15, 0.2) is 127 Å². The Hall–Kier alpha value is -4.66. The van der Waals surface area contributed by atoms with Gasteiger partial charge in [0, 0.05) is 37.7 Å². The molecule has 0 bridgehead atoms. The summed E-state index contributed by atoms with van der Waals surface area (Å²) in [6.07, 6.45) is 0. The van der Waals surface area contributed by atoms with Crippen LogP contribution in [-0.2, 0) is 10.8 Å². The Kier molecular flexibility index (Phi) is 5.24. The van der Waals surface area contributed by atoms with Crippen molar-refractivity contribution in [1.29, 1.82) is 0 Å². The molecule has 1 nitrogen and oxygen atoms in total. The van der Waals surface area contributed by atoms with E-state index in [1.54, 1.807) is 0 Å². The van der Waals surface area contributed by atoms with Gasteiger partial charge in [0.1, 0.15) is 0 Å². The monoisotopic (exact) mass is 583 g/mol. The number of nitrogens with zero attached hydrogens (tertiary/aromatic N) is 1. The maximum atomic E-state index is 2.51. The average Bonchev–Trinajstić information content (AvgIpc) is 3.62. The molecule has 0 saturated heterocycles. The van der Waals surface area contributed by atoms with Crippen molar-refractivity contribution in [2.45, 2.75) is 38.5 Å². The largest absolute Gasteiger partial charge is 0.309 e. The second-order valence-electron chi connectivity index (χ2n) is 13.4. The molecule has 0 unspecified atom stereocenters. The third-order valence-electron chi connectivity index (χ3n) is 10.3. The minimum atomic E-state index is -0.0706. The Bertz CT molecular complexity index is 2190. The zero-order chi connectivity index (χ0) is 29.8. The van der Waals surface area contributed by atoms with E-state index in [9.17, 15) is 0 Å². The summed E-state index contributed by atoms with van der Waals surface area (Å²) in [5, 5.41) is 2.64. The average molecular weight is 584 g/mol. The van der Waals surface area contributed by atoms with E-state index in [2.05, 4.69) is 160 Å². The van der Waals surface area contributed by atoms with E-state index in [1.807, 2.05) is 11.3 Å². The highest BCUT2D eigenvalue weighted by atomic mass is 32.1. The molecule has 0 N–H and O–H groups in total. The van der Waals surface area contributed by atoms with Gasteiger partial charge in [-0.15, -0.1) is 11.3 Å². The van der Waals surface area contributed by atoms with Crippen LogP contribution in [0.4, 0.5) is 17.1 Å². The summed E-state index contributed by atoms with van der Waals surface area (Å²) in [7, 11) is 0. The minimum absolute atomic E-state index is 0.0706. The third kappa shape index (κ3) is 3.41. The molecule has 2 aliphatic carbocycles. The quantitative estimate of drug-likeness (QED) is 0.200. The maximum Gasteiger partial charge on any atom is 0.0640 e. The van der Waals surface area contributed by atoms with Crippen molar-refractivity contribution in [2.24, 2.45) is 0 Å². The minimum Gasteiger partial charge on any atom is -0.309 e. The van der Waals surface area contributed by atoms with Gasteiger partial charge < -0.3 is 4.90 Å². The molecule has 9 rings (SSSR count). The van der Waals surface area contributed by atoms with E-state index in [1.165, 1.54) is 81.7 Å². The lowest BCUT2D eigenvalue weighted by Crippen LogP contribution is -2.18. The summed E-state index contributed by atoms with van der Waals surface area (Å²) in [4.78, 5) is 2.51. The topological polar surface area (TPSA) is 3.24 Å². The first-order valence-corrected chi connectivity index (χ1v) is 16.3. The number of benzene rings is 6. The SMILES string of the molecule is CC1(C)c2ccccc2-c2ccc(N(c3ccc4c(c3)C(C)(C)c3ccccc3-4)c3cccc4c3sc3ccccc34)cc21. The van der Waals surface area contributed by atoms with Gasteiger partial charge in [-0.3, -0.25) is 0 Å². The lowest BCUT2D eigenvalue weighted by molar-refractivity contribution is 0.660. The van der Waals surface area contributed by atoms with Crippen LogP contribution in [0.2, 0.25) is 0 Å². The van der Waals surface area contributed by atoms with Crippen molar-refractivity contribution in [3.8, 4) is 22.3 Å². The normalized spacial score (nSPS) is 15.2.